The van der Waals surface area contributed by atoms with Gasteiger partial charge in [0.1, 0.15) is 5.25 Å². The molecule has 0 bridgehead atoms. The highest BCUT2D eigenvalue weighted by Crippen LogP contribution is 2.35. The molecule has 1 aromatic rings. The number of aromatic nitrogens is 1. The number of fused-ring (bicyclic) bond motifs is 1. The van der Waals surface area contributed by atoms with Crippen LogP contribution in [0.4, 0.5) is 0 Å². The minimum atomic E-state index is -3.24. The predicted octanol–water partition coefficient (Wildman–Crippen LogP) is 1.65. The van der Waals surface area contributed by atoms with Crippen LogP contribution in [0.3, 0.4) is 0 Å². The van der Waals surface area contributed by atoms with Crippen molar-refractivity contribution in [1.29, 1.82) is 0 Å². The molecule has 1 saturated heterocycles. The highest BCUT2D eigenvalue weighted by molar-refractivity contribution is 7.92. The van der Waals surface area contributed by atoms with Gasteiger partial charge in [-0.25, -0.2) is 8.42 Å². The van der Waals surface area contributed by atoms with Gasteiger partial charge in [0.25, 0.3) is 0 Å². The number of hydrogen-bond donors (Lipinski definition) is 0. The van der Waals surface area contributed by atoms with Crippen molar-refractivity contribution in [2.24, 2.45) is 0 Å². The molecule has 19 heavy (non-hydrogen) atoms. The minimum Gasteiger partial charge on any atom is -0.297 e. The van der Waals surface area contributed by atoms with Crippen molar-refractivity contribution in [3.63, 3.8) is 0 Å². The van der Waals surface area contributed by atoms with Crippen molar-refractivity contribution < 1.29 is 13.2 Å². The van der Waals surface area contributed by atoms with Gasteiger partial charge >= 0.3 is 0 Å². The molecule has 0 amide bonds. The molecule has 0 saturated carbocycles. The lowest BCUT2D eigenvalue weighted by Gasteiger charge is -2.23. The molecule has 2 aliphatic rings. The van der Waals surface area contributed by atoms with Gasteiger partial charge in [0, 0.05) is 6.20 Å². The second-order valence-corrected chi connectivity index (χ2v) is 7.70. The lowest BCUT2D eigenvalue weighted by atomic mass is 9.96. The molecule has 0 N–H and O–H groups in total. The van der Waals surface area contributed by atoms with Crippen LogP contribution in [0.25, 0.3) is 0 Å². The molecule has 3 rings (SSSR count). The molecule has 1 fully saturated rings. The van der Waals surface area contributed by atoms with Crippen molar-refractivity contribution in [2.75, 3.05) is 5.75 Å². The van der Waals surface area contributed by atoms with Gasteiger partial charge in [-0.3, -0.25) is 9.78 Å². The molecule has 102 valence electrons. The number of aryl methyl sites for hydroxylation is 1. The summed E-state index contributed by atoms with van der Waals surface area (Å²) in [5, 5.41) is -0.792. The molecule has 0 radical (unpaired) electrons. The zero-order chi connectivity index (χ0) is 13.5. The Morgan fingerprint density at radius 2 is 2.11 bits per heavy atom. The molecule has 1 aliphatic carbocycles. The van der Waals surface area contributed by atoms with E-state index in [4.69, 9.17) is 0 Å². The third kappa shape index (κ3) is 2.20. The van der Waals surface area contributed by atoms with Crippen molar-refractivity contribution >= 4 is 15.6 Å². The van der Waals surface area contributed by atoms with E-state index in [1.165, 1.54) is 0 Å². The van der Waals surface area contributed by atoms with E-state index < -0.39 is 15.1 Å². The van der Waals surface area contributed by atoms with Crippen LogP contribution in [0, 0.1) is 0 Å². The highest BCUT2D eigenvalue weighted by atomic mass is 32.2. The van der Waals surface area contributed by atoms with Crippen LogP contribution >= 0.6 is 0 Å². The van der Waals surface area contributed by atoms with Crippen LogP contribution in [0.2, 0.25) is 0 Å². The van der Waals surface area contributed by atoms with Gasteiger partial charge in [0.15, 0.2) is 15.6 Å². The van der Waals surface area contributed by atoms with Crippen molar-refractivity contribution in [2.45, 2.75) is 43.3 Å². The van der Waals surface area contributed by atoms with Gasteiger partial charge < -0.3 is 0 Å². The zero-order valence-corrected chi connectivity index (χ0v) is 11.5. The number of ketones is 1. The summed E-state index contributed by atoms with van der Waals surface area (Å²) in [6.45, 7) is 0. The second kappa shape index (κ2) is 4.71. The van der Waals surface area contributed by atoms with Gasteiger partial charge in [0.2, 0.25) is 0 Å². The number of carbonyl (C=O) groups excluding carboxylic acids is 1. The Hall–Kier alpha value is -1.23. The molecule has 5 heteroatoms. The van der Waals surface area contributed by atoms with E-state index in [0.29, 0.717) is 19.3 Å². The molecule has 2 atom stereocenters. The number of sulfone groups is 1. The predicted molar refractivity (Wildman–Crippen MR) is 71.7 cm³/mol. The Bertz CT molecular complexity index is 609. The fourth-order valence-electron chi connectivity index (χ4n) is 3.19. The molecule has 1 aromatic heterocycles. The number of nitrogens with zero attached hydrogens (tertiary/aromatic N) is 1. The quantitative estimate of drug-likeness (QED) is 0.825. The SMILES string of the molecule is O=C(C1CCc2cccnc21)C1CCCCS1(=O)=O. The molecular weight excluding hydrogens is 262 g/mol. The molecule has 2 heterocycles. The Morgan fingerprint density at radius 1 is 1.26 bits per heavy atom. The van der Waals surface area contributed by atoms with Crippen LogP contribution in [0.5, 0.6) is 0 Å². The molecule has 0 aromatic carbocycles. The van der Waals surface area contributed by atoms with Crippen LogP contribution in [0.1, 0.15) is 42.9 Å². The largest absolute Gasteiger partial charge is 0.297 e. The number of Topliss-reactive ketones (excluding diaryl/α,β-unsaturated/α-hetero) is 1. The Balaban J connectivity index is 1.90. The van der Waals surface area contributed by atoms with Gasteiger partial charge in [0.05, 0.1) is 17.4 Å². The minimum absolute atomic E-state index is 0.128. The maximum atomic E-state index is 12.6. The summed E-state index contributed by atoms with van der Waals surface area (Å²) in [5.41, 5.74) is 1.89. The second-order valence-electron chi connectivity index (χ2n) is 5.39. The summed E-state index contributed by atoms with van der Waals surface area (Å²) in [4.78, 5) is 16.8. The molecule has 1 aliphatic heterocycles. The lowest BCUT2D eigenvalue weighted by molar-refractivity contribution is -0.120. The van der Waals surface area contributed by atoms with Crippen LogP contribution in [-0.2, 0) is 21.1 Å². The molecule has 4 nitrogen and oxygen atoms in total. The average molecular weight is 279 g/mol. The Kier molecular flexibility index (Phi) is 3.17. The number of hydrogen-bond acceptors (Lipinski definition) is 4. The summed E-state index contributed by atoms with van der Waals surface area (Å²) < 4.78 is 24.1. The fourth-order valence-corrected chi connectivity index (χ4v) is 5.12. The van der Waals surface area contributed by atoms with E-state index in [1.54, 1.807) is 6.20 Å². The number of carbonyl (C=O) groups is 1. The smallest absolute Gasteiger partial charge is 0.160 e. The molecular formula is C14H17NO3S. The molecule has 0 spiro atoms. The van der Waals surface area contributed by atoms with Crippen molar-refractivity contribution in [1.82, 2.24) is 4.98 Å². The first-order chi connectivity index (χ1) is 9.09. The van der Waals surface area contributed by atoms with E-state index in [9.17, 15) is 13.2 Å². The van der Waals surface area contributed by atoms with Gasteiger partial charge in [-0.05, 0) is 37.3 Å². The summed E-state index contributed by atoms with van der Waals surface area (Å²) in [5.74, 6) is -0.281. The van der Waals surface area contributed by atoms with Crippen molar-refractivity contribution in [3.8, 4) is 0 Å². The lowest BCUT2D eigenvalue weighted by Crippen LogP contribution is -2.38. The van der Waals surface area contributed by atoms with Crippen LogP contribution < -0.4 is 0 Å². The fraction of sp³-hybridized carbons (Fsp3) is 0.571. The standard InChI is InChI=1S/C14H17NO3S/c16-14(12-5-1-2-9-19(12,17)18)11-7-6-10-4-3-8-15-13(10)11/h3-4,8,11-12H,1-2,5-7,9H2. The monoisotopic (exact) mass is 279 g/mol. The van der Waals surface area contributed by atoms with Gasteiger partial charge in [-0.1, -0.05) is 12.5 Å². The molecule has 2 unspecified atom stereocenters. The summed E-state index contributed by atoms with van der Waals surface area (Å²) >= 11 is 0. The average Bonchev–Trinajstić information content (AvgIpc) is 2.81. The van der Waals surface area contributed by atoms with E-state index in [2.05, 4.69) is 4.98 Å². The first-order valence-corrected chi connectivity index (χ1v) is 8.50. The van der Waals surface area contributed by atoms with Crippen LogP contribution in [0.15, 0.2) is 18.3 Å². The summed E-state index contributed by atoms with van der Waals surface area (Å²) in [7, 11) is -3.24. The van der Waals surface area contributed by atoms with E-state index >= 15 is 0 Å². The summed E-state index contributed by atoms with van der Waals surface area (Å²) in [6.07, 6.45) is 5.21. The van der Waals surface area contributed by atoms with Gasteiger partial charge in [-0.2, -0.15) is 0 Å². The topological polar surface area (TPSA) is 64.1 Å². The van der Waals surface area contributed by atoms with E-state index in [-0.39, 0.29) is 17.5 Å². The zero-order valence-electron chi connectivity index (χ0n) is 10.7. The summed E-state index contributed by atoms with van der Waals surface area (Å²) in [6, 6.07) is 3.84. The Morgan fingerprint density at radius 3 is 2.89 bits per heavy atom. The van der Waals surface area contributed by atoms with E-state index in [1.807, 2.05) is 12.1 Å². The first-order valence-electron chi connectivity index (χ1n) is 6.79. The van der Waals surface area contributed by atoms with Gasteiger partial charge in [-0.15, -0.1) is 0 Å². The highest BCUT2D eigenvalue weighted by Gasteiger charge is 2.41. The van der Waals surface area contributed by atoms with Crippen LogP contribution in [-0.4, -0.2) is 30.2 Å². The normalized spacial score (nSPS) is 28.8. The number of pyridine rings is 1. The third-order valence-corrected chi connectivity index (χ3v) is 6.39. The third-order valence-electron chi connectivity index (χ3n) is 4.20. The first kappa shape index (κ1) is 12.8. The van der Waals surface area contributed by atoms with Crippen molar-refractivity contribution in [3.05, 3.63) is 29.6 Å². The van der Waals surface area contributed by atoms with E-state index in [0.717, 1.165) is 24.1 Å². The maximum Gasteiger partial charge on any atom is 0.160 e. The Labute approximate surface area is 113 Å². The number of rotatable bonds is 2. The maximum absolute atomic E-state index is 12.6.